The first-order chi connectivity index (χ1) is 14.2. The Morgan fingerprint density at radius 2 is 1.79 bits per heavy atom. The molecule has 2 saturated heterocycles. The van der Waals surface area contributed by atoms with E-state index in [9.17, 15) is 9.59 Å². The van der Waals surface area contributed by atoms with E-state index in [1.807, 2.05) is 23.1 Å². The Hall–Kier alpha value is -1.96. The Morgan fingerprint density at radius 1 is 1.10 bits per heavy atom. The maximum absolute atomic E-state index is 13.6. The van der Waals surface area contributed by atoms with Gasteiger partial charge in [0.25, 0.3) is 0 Å². The fourth-order valence-corrected chi connectivity index (χ4v) is 4.22. The zero-order chi connectivity index (χ0) is 20.5. The number of benzene rings is 1. The molecule has 0 atom stereocenters. The maximum Gasteiger partial charge on any atom is 0.234 e. The molecule has 0 aromatic heterocycles. The number of methoxy groups -OCH3 is 1. The maximum atomic E-state index is 13.6. The van der Waals surface area contributed by atoms with Gasteiger partial charge in [0.15, 0.2) is 0 Å². The third-order valence-electron chi connectivity index (χ3n) is 5.96. The lowest BCUT2D eigenvalue weighted by Gasteiger charge is -2.43. The second-order valence-electron chi connectivity index (χ2n) is 7.83. The van der Waals surface area contributed by atoms with Gasteiger partial charge in [-0.05, 0) is 24.8 Å². The Morgan fingerprint density at radius 3 is 2.45 bits per heavy atom. The standard InChI is InChI=1S/C22H33N3O4/c1-28-15-5-10-23-20(26)18-24-11-13-25(14-12-24)21(27)22(8-16-29-17-9-22)19-6-3-2-4-7-19/h2-4,6-7H,5,8-18H2,1H3,(H,23,26). The van der Waals surface area contributed by atoms with Crippen LogP contribution in [-0.2, 0) is 24.5 Å². The molecule has 2 amide bonds. The van der Waals surface area contributed by atoms with Gasteiger partial charge in [-0.15, -0.1) is 0 Å². The van der Waals surface area contributed by atoms with E-state index in [0.717, 1.165) is 37.9 Å². The summed E-state index contributed by atoms with van der Waals surface area (Å²) in [5.74, 6) is 0.238. The van der Waals surface area contributed by atoms with Crippen molar-refractivity contribution in [3.63, 3.8) is 0 Å². The first kappa shape index (κ1) is 21.7. The van der Waals surface area contributed by atoms with Crippen molar-refractivity contribution >= 4 is 11.8 Å². The molecule has 2 fully saturated rings. The van der Waals surface area contributed by atoms with Crippen molar-refractivity contribution in [2.45, 2.75) is 24.7 Å². The first-order valence-corrected chi connectivity index (χ1v) is 10.6. The first-order valence-electron chi connectivity index (χ1n) is 10.6. The van der Waals surface area contributed by atoms with Crippen LogP contribution in [0.1, 0.15) is 24.8 Å². The van der Waals surface area contributed by atoms with Crippen molar-refractivity contribution in [1.82, 2.24) is 15.1 Å². The molecule has 160 valence electrons. The number of nitrogens with zero attached hydrogens (tertiary/aromatic N) is 2. The summed E-state index contributed by atoms with van der Waals surface area (Å²) < 4.78 is 10.6. The van der Waals surface area contributed by atoms with Crippen LogP contribution in [0.2, 0.25) is 0 Å². The van der Waals surface area contributed by atoms with Gasteiger partial charge < -0.3 is 19.7 Å². The average molecular weight is 404 g/mol. The number of rotatable bonds is 8. The van der Waals surface area contributed by atoms with E-state index in [-0.39, 0.29) is 11.8 Å². The van der Waals surface area contributed by atoms with Gasteiger partial charge in [-0.1, -0.05) is 30.3 Å². The van der Waals surface area contributed by atoms with Crippen molar-refractivity contribution < 1.29 is 19.1 Å². The number of amides is 2. The third kappa shape index (κ3) is 5.56. The van der Waals surface area contributed by atoms with Crippen LogP contribution in [0.3, 0.4) is 0 Å². The van der Waals surface area contributed by atoms with Crippen LogP contribution in [0, 0.1) is 0 Å². The van der Waals surface area contributed by atoms with Gasteiger partial charge in [0.2, 0.25) is 11.8 Å². The quantitative estimate of drug-likeness (QED) is 0.657. The van der Waals surface area contributed by atoms with Crippen molar-refractivity contribution in [2.75, 3.05) is 66.2 Å². The van der Waals surface area contributed by atoms with Crippen LogP contribution in [0.25, 0.3) is 0 Å². The molecule has 29 heavy (non-hydrogen) atoms. The molecule has 7 heteroatoms. The Labute approximate surface area is 173 Å². The molecule has 2 aliphatic heterocycles. The number of hydrogen-bond acceptors (Lipinski definition) is 5. The van der Waals surface area contributed by atoms with Crippen LogP contribution in [0.5, 0.6) is 0 Å². The van der Waals surface area contributed by atoms with Crippen molar-refractivity contribution in [1.29, 1.82) is 0 Å². The lowest BCUT2D eigenvalue weighted by molar-refractivity contribution is -0.143. The van der Waals surface area contributed by atoms with E-state index in [1.54, 1.807) is 7.11 Å². The van der Waals surface area contributed by atoms with Gasteiger partial charge in [-0.3, -0.25) is 14.5 Å². The molecule has 2 heterocycles. The monoisotopic (exact) mass is 403 g/mol. The molecular formula is C22H33N3O4. The third-order valence-corrected chi connectivity index (χ3v) is 5.96. The summed E-state index contributed by atoms with van der Waals surface area (Å²) in [6.07, 6.45) is 2.26. The van der Waals surface area contributed by atoms with Crippen molar-refractivity contribution in [2.24, 2.45) is 0 Å². The van der Waals surface area contributed by atoms with Crippen molar-refractivity contribution in [3.05, 3.63) is 35.9 Å². The summed E-state index contributed by atoms with van der Waals surface area (Å²) in [6.45, 7) is 5.65. The van der Waals surface area contributed by atoms with E-state index < -0.39 is 5.41 Å². The fourth-order valence-electron chi connectivity index (χ4n) is 4.22. The van der Waals surface area contributed by atoms with Crippen LogP contribution >= 0.6 is 0 Å². The normalized spacial score (nSPS) is 19.7. The second-order valence-corrected chi connectivity index (χ2v) is 7.83. The van der Waals surface area contributed by atoms with E-state index in [1.165, 1.54) is 0 Å². The molecule has 1 aromatic carbocycles. The molecule has 0 bridgehead atoms. The zero-order valence-corrected chi connectivity index (χ0v) is 17.4. The highest BCUT2D eigenvalue weighted by Crippen LogP contribution is 2.37. The predicted octanol–water partition coefficient (Wildman–Crippen LogP) is 1.03. The summed E-state index contributed by atoms with van der Waals surface area (Å²) >= 11 is 0. The second kappa shape index (κ2) is 10.7. The minimum atomic E-state index is -0.486. The molecule has 2 aliphatic rings. The van der Waals surface area contributed by atoms with Gasteiger partial charge in [0.05, 0.1) is 12.0 Å². The van der Waals surface area contributed by atoms with E-state index in [0.29, 0.717) is 46.0 Å². The lowest BCUT2D eigenvalue weighted by Crippen LogP contribution is -2.56. The smallest absolute Gasteiger partial charge is 0.234 e. The SMILES string of the molecule is COCCCNC(=O)CN1CCN(C(=O)C2(c3ccccc3)CCOCC2)CC1. The minimum absolute atomic E-state index is 0.0334. The van der Waals surface area contributed by atoms with E-state index in [4.69, 9.17) is 9.47 Å². The van der Waals surface area contributed by atoms with E-state index >= 15 is 0 Å². The predicted molar refractivity (Wildman–Crippen MR) is 111 cm³/mol. The van der Waals surface area contributed by atoms with Crippen LogP contribution < -0.4 is 5.32 Å². The molecule has 0 unspecified atom stereocenters. The van der Waals surface area contributed by atoms with Crippen molar-refractivity contribution in [3.8, 4) is 0 Å². The molecule has 0 spiro atoms. The van der Waals surface area contributed by atoms with Gasteiger partial charge in [0, 0.05) is 59.7 Å². The highest BCUT2D eigenvalue weighted by atomic mass is 16.5. The van der Waals surface area contributed by atoms with Gasteiger partial charge in [-0.25, -0.2) is 0 Å². The molecule has 0 aliphatic carbocycles. The van der Waals surface area contributed by atoms with Crippen LogP contribution in [0.15, 0.2) is 30.3 Å². The van der Waals surface area contributed by atoms with Gasteiger partial charge >= 0.3 is 0 Å². The molecule has 0 radical (unpaired) electrons. The largest absolute Gasteiger partial charge is 0.385 e. The number of nitrogens with one attached hydrogen (secondary N) is 1. The van der Waals surface area contributed by atoms with Crippen LogP contribution in [-0.4, -0.2) is 87.8 Å². The van der Waals surface area contributed by atoms with E-state index in [2.05, 4.69) is 22.3 Å². The Kier molecular flexibility index (Phi) is 8.03. The molecule has 7 nitrogen and oxygen atoms in total. The number of carbonyl (C=O) groups is 2. The number of hydrogen-bond donors (Lipinski definition) is 1. The number of ether oxygens (including phenoxy) is 2. The fraction of sp³-hybridized carbons (Fsp3) is 0.636. The number of carbonyl (C=O) groups excluding carboxylic acids is 2. The van der Waals surface area contributed by atoms with Gasteiger partial charge in [0.1, 0.15) is 0 Å². The lowest BCUT2D eigenvalue weighted by atomic mass is 9.73. The van der Waals surface area contributed by atoms with Crippen LogP contribution in [0.4, 0.5) is 0 Å². The highest BCUT2D eigenvalue weighted by molar-refractivity contribution is 5.88. The summed E-state index contributed by atoms with van der Waals surface area (Å²) in [7, 11) is 1.66. The summed E-state index contributed by atoms with van der Waals surface area (Å²) in [6, 6.07) is 10.1. The topological polar surface area (TPSA) is 71.1 Å². The average Bonchev–Trinajstić information content (AvgIpc) is 2.78. The summed E-state index contributed by atoms with van der Waals surface area (Å²) in [4.78, 5) is 29.8. The molecule has 3 rings (SSSR count). The van der Waals surface area contributed by atoms with Gasteiger partial charge in [-0.2, -0.15) is 0 Å². The highest BCUT2D eigenvalue weighted by Gasteiger charge is 2.44. The molecule has 1 aromatic rings. The molecular weight excluding hydrogens is 370 g/mol. The summed E-state index contributed by atoms with van der Waals surface area (Å²) in [5, 5.41) is 2.92. The molecule has 1 N–H and O–H groups in total. The Balaban J connectivity index is 1.54. The zero-order valence-electron chi connectivity index (χ0n) is 17.4. The summed E-state index contributed by atoms with van der Waals surface area (Å²) in [5.41, 5.74) is 0.603. The molecule has 0 saturated carbocycles. The number of piperazine rings is 1. The Bertz CT molecular complexity index is 653. The minimum Gasteiger partial charge on any atom is -0.385 e.